The zero-order valence-electron chi connectivity index (χ0n) is 13.8. The number of hydrogen-bond donors (Lipinski definition) is 1. The van der Waals surface area contributed by atoms with Crippen molar-refractivity contribution in [2.75, 3.05) is 13.1 Å². The van der Waals surface area contributed by atoms with Gasteiger partial charge in [0.25, 0.3) is 0 Å². The van der Waals surface area contributed by atoms with E-state index in [-0.39, 0.29) is 12.1 Å². The molecule has 2 atom stereocenters. The Morgan fingerprint density at radius 1 is 1.21 bits per heavy atom. The molecule has 1 aromatic heterocycles. The van der Waals surface area contributed by atoms with Gasteiger partial charge in [-0.15, -0.1) is 0 Å². The molecule has 5 rings (SSSR count). The maximum Gasteiger partial charge on any atom is 0.325 e. The number of hydrogen-bond acceptors (Lipinski definition) is 2. The molecule has 3 aliphatic rings. The molecule has 1 amide bonds. The van der Waals surface area contributed by atoms with Gasteiger partial charge >= 0.3 is 6.03 Å². The Balaban J connectivity index is 1.49. The van der Waals surface area contributed by atoms with E-state index in [2.05, 4.69) is 17.1 Å². The van der Waals surface area contributed by atoms with E-state index < -0.39 is 0 Å². The van der Waals surface area contributed by atoms with Crippen LogP contribution in [-0.4, -0.2) is 40.7 Å². The molecule has 3 aliphatic heterocycles. The normalized spacial score (nSPS) is 28.8. The molecule has 0 aliphatic carbocycles. The first-order chi connectivity index (χ1) is 11.6. The average Bonchev–Trinajstić information content (AvgIpc) is 3.09. The number of nitrogens with one attached hydrogen (secondary N) is 1. The molecule has 3 saturated heterocycles. The number of rotatable bonds is 2. The number of aromatic nitrogens is 1. The average molecular weight is 344 g/mol. The summed E-state index contributed by atoms with van der Waals surface area (Å²) in [4.78, 5) is 15.1. The molecule has 2 bridgehead atoms. The number of benzene rings is 1. The van der Waals surface area contributed by atoms with E-state index >= 15 is 0 Å². The monoisotopic (exact) mass is 343 g/mol. The van der Waals surface area contributed by atoms with Gasteiger partial charge in [-0.25, -0.2) is 4.79 Å². The van der Waals surface area contributed by atoms with E-state index in [1.54, 1.807) is 4.57 Å². The molecule has 0 saturated carbocycles. The van der Waals surface area contributed by atoms with Crippen molar-refractivity contribution in [3.63, 3.8) is 0 Å². The first-order valence-electron chi connectivity index (χ1n) is 8.61. The van der Waals surface area contributed by atoms with Crippen LogP contribution in [0.2, 0.25) is 5.02 Å². The highest BCUT2D eigenvalue weighted by molar-refractivity contribution is 6.30. The maximum atomic E-state index is 12.7. The third-order valence-electron chi connectivity index (χ3n) is 5.55. The fourth-order valence-electron chi connectivity index (χ4n) is 4.12. The van der Waals surface area contributed by atoms with Gasteiger partial charge in [0.2, 0.25) is 0 Å². The second kappa shape index (κ2) is 6.26. The van der Waals surface area contributed by atoms with Crippen molar-refractivity contribution < 1.29 is 4.79 Å². The van der Waals surface area contributed by atoms with Crippen LogP contribution in [0.1, 0.15) is 19.8 Å². The first-order valence-corrected chi connectivity index (χ1v) is 8.98. The van der Waals surface area contributed by atoms with E-state index in [1.165, 1.54) is 25.9 Å². The quantitative estimate of drug-likeness (QED) is 0.899. The van der Waals surface area contributed by atoms with Gasteiger partial charge in [0, 0.05) is 29.5 Å². The molecule has 1 aromatic carbocycles. The van der Waals surface area contributed by atoms with Crippen molar-refractivity contribution in [1.29, 1.82) is 0 Å². The molecule has 4 heterocycles. The largest absolute Gasteiger partial charge is 0.333 e. The predicted octanol–water partition coefficient (Wildman–Crippen LogP) is 3.85. The summed E-state index contributed by atoms with van der Waals surface area (Å²) in [5, 5.41) is 3.95. The SMILES string of the molecule is C[C@@H]1[C@H](NC(=O)n2ccc(-c3cccc(Cl)c3)c2)C2CCN1CC2. The standard InChI is InChI=1S/C19H22ClN3O/c1-13-18(14-5-8-22(13)9-6-14)21-19(24)23-10-7-16(12-23)15-3-2-4-17(20)11-15/h2-4,7,10-14,18H,5-6,8-9H2,1H3,(H,21,24)/t13-,18+/m1/s1. The number of fused-ring (bicyclic) bond motifs is 3. The van der Waals surface area contributed by atoms with Crippen molar-refractivity contribution in [3.8, 4) is 11.1 Å². The molecule has 2 aromatic rings. The van der Waals surface area contributed by atoms with Crippen molar-refractivity contribution >= 4 is 17.6 Å². The van der Waals surface area contributed by atoms with E-state index in [0.717, 1.165) is 11.1 Å². The van der Waals surface area contributed by atoms with Gasteiger partial charge in [0.15, 0.2) is 0 Å². The Kier molecular flexibility index (Phi) is 4.10. The lowest BCUT2D eigenvalue weighted by Gasteiger charge is -2.49. The molecular formula is C19H22ClN3O. The van der Waals surface area contributed by atoms with Gasteiger partial charge in [0.05, 0.1) is 0 Å². The lowest BCUT2D eigenvalue weighted by atomic mass is 9.79. The summed E-state index contributed by atoms with van der Waals surface area (Å²) in [5.41, 5.74) is 2.01. The fraction of sp³-hybridized carbons (Fsp3) is 0.421. The van der Waals surface area contributed by atoms with Crippen molar-refractivity contribution in [1.82, 2.24) is 14.8 Å². The van der Waals surface area contributed by atoms with Crippen LogP contribution in [0.4, 0.5) is 4.79 Å². The van der Waals surface area contributed by atoms with Crippen molar-refractivity contribution in [2.24, 2.45) is 5.92 Å². The summed E-state index contributed by atoms with van der Waals surface area (Å²) in [6.07, 6.45) is 6.06. The van der Waals surface area contributed by atoms with Gasteiger partial charge in [-0.2, -0.15) is 0 Å². The second-order valence-electron chi connectivity index (χ2n) is 6.91. The number of piperidine rings is 3. The van der Waals surface area contributed by atoms with Gasteiger partial charge in [0.1, 0.15) is 0 Å². The minimum Gasteiger partial charge on any atom is -0.333 e. The topological polar surface area (TPSA) is 37.3 Å². The summed E-state index contributed by atoms with van der Waals surface area (Å²) in [7, 11) is 0. The van der Waals surface area contributed by atoms with Crippen LogP contribution < -0.4 is 5.32 Å². The summed E-state index contributed by atoms with van der Waals surface area (Å²) >= 11 is 6.05. The van der Waals surface area contributed by atoms with Crippen LogP contribution >= 0.6 is 11.6 Å². The number of carbonyl (C=O) groups is 1. The smallest absolute Gasteiger partial charge is 0.325 e. The number of halogens is 1. The highest BCUT2D eigenvalue weighted by Crippen LogP contribution is 2.32. The number of nitrogens with zero attached hydrogens (tertiary/aromatic N) is 2. The summed E-state index contributed by atoms with van der Waals surface area (Å²) in [6, 6.07) is 10.3. The highest BCUT2D eigenvalue weighted by atomic mass is 35.5. The minimum atomic E-state index is -0.0473. The summed E-state index contributed by atoms with van der Waals surface area (Å²) in [6.45, 7) is 4.56. The van der Waals surface area contributed by atoms with Crippen LogP contribution in [0, 0.1) is 5.92 Å². The Hall–Kier alpha value is -1.78. The fourth-order valence-corrected chi connectivity index (χ4v) is 4.31. The van der Waals surface area contributed by atoms with Crippen molar-refractivity contribution in [3.05, 3.63) is 47.7 Å². The van der Waals surface area contributed by atoms with Gasteiger partial charge < -0.3 is 5.32 Å². The van der Waals surface area contributed by atoms with Gasteiger partial charge in [-0.3, -0.25) is 9.47 Å². The second-order valence-corrected chi connectivity index (χ2v) is 7.34. The number of carbonyl (C=O) groups excluding carboxylic acids is 1. The molecule has 24 heavy (non-hydrogen) atoms. The molecule has 5 heteroatoms. The van der Waals surface area contributed by atoms with Gasteiger partial charge in [-0.1, -0.05) is 23.7 Å². The van der Waals surface area contributed by atoms with Crippen LogP contribution in [0.5, 0.6) is 0 Å². The first kappa shape index (κ1) is 15.7. The zero-order valence-corrected chi connectivity index (χ0v) is 14.5. The third-order valence-corrected chi connectivity index (χ3v) is 5.79. The van der Waals surface area contributed by atoms with Gasteiger partial charge in [-0.05, 0) is 68.1 Å². The summed E-state index contributed by atoms with van der Waals surface area (Å²) in [5.74, 6) is 0.608. The Morgan fingerprint density at radius 3 is 2.71 bits per heavy atom. The Labute approximate surface area is 147 Å². The van der Waals surface area contributed by atoms with Crippen LogP contribution in [0.15, 0.2) is 42.7 Å². The zero-order chi connectivity index (χ0) is 16.7. The molecule has 0 spiro atoms. The van der Waals surface area contributed by atoms with Crippen molar-refractivity contribution in [2.45, 2.75) is 31.8 Å². The van der Waals surface area contributed by atoms with E-state index in [9.17, 15) is 4.79 Å². The molecular weight excluding hydrogens is 322 g/mol. The molecule has 126 valence electrons. The highest BCUT2D eigenvalue weighted by Gasteiger charge is 2.40. The maximum absolute atomic E-state index is 12.7. The number of amides is 1. The third kappa shape index (κ3) is 2.85. The lowest BCUT2D eigenvalue weighted by molar-refractivity contribution is 0.0267. The Bertz CT molecular complexity index is 747. The molecule has 1 N–H and O–H groups in total. The minimum absolute atomic E-state index is 0.0473. The van der Waals surface area contributed by atoms with Crippen LogP contribution in [0.3, 0.4) is 0 Å². The van der Waals surface area contributed by atoms with E-state index in [1.807, 2.05) is 42.7 Å². The van der Waals surface area contributed by atoms with E-state index in [0.29, 0.717) is 17.0 Å². The summed E-state index contributed by atoms with van der Waals surface area (Å²) < 4.78 is 1.64. The van der Waals surface area contributed by atoms with Crippen LogP contribution in [0.25, 0.3) is 11.1 Å². The predicted molar refractivity (Wildman–Crippen MR) is 96.4 cm³/mol. The molecule has 0 radical (unpaired) electrons. The van der Waals surface area contributed by atoms with Crippen LogP contribution in [-0.2, 0) is 0 Å². The molecule has 0 unspecified atom stereocenters. The lowest BCUT2D eigenvalue weighted by Crippen LogP contribution is -2.62. The molecule has 3 fully saturated rings. The van der Waals surface area contributed by atoms with E-state index in [4.69, 9.17) is 11.6 Å². The Morgan fingerprint density at radius 2 is 2.00 bits per heavy atom. The molecule has 4 nitrogen and oxygen atoms in total.